The van der Waals surface area contributed by atoms with E-state index in [2.05, 4.69) is 49.6 Å². The number of carbonyl (C=O) groups is 1. The largest absolute Gasteiger partial charge is 0.550 e. The molecular formula is C17H21N2O2-. The number of hydrogen-bond donors (Lipinski definition) is 0. The molecule has 4 nitrogen and oxygen atoms in total. The molecule has 0 fully saturated rings. The predicted molar refractivity (Wildman–Crippen MR) is 80.3 cm³/mol. The summed E-state index contributed by atoms with van der Waals surface area (Å²) in [4.78, 5) is 15.1. The van der Waals surface area contributed by atoms with Crippen molar-refractivity contribution in [3.05, 3.63) is 46.9 Å². The lowest BCUT2D eigenvalue weighted by Gasteiger charge is -2.12. The fourth-order valence-electron chi connectivity index (χ4n) is 2.57. The highest BCUT2D eigenvalue weighted by molar-refractivity contribution is 5.64. The molecule has 0 aliphatic heterocycles. The Morgan fingerprint density at radius 3 is 2.43 bits per heavy atom. The number of aryl methyl sites for hydroxylation is 4. The zero-order valence-corrected chi connectivity index (χ0v) is 12.8. The molecule has 2 aromatic heterocycles. The van der Waals surface area contributed by atoms with Crippen LogP contribution in [0, 0.1) is 20.8 Å². The third-order valence-electron chi connectivity index (χ3n) is 3.57. The van der Waals surface area contributed by atoms with Crippen LogP contribution in [0.5, 0.6) is 0 Å². The van der Waals surface area contributed by atoms with Crippen molar-refractivity contribution in [3.63, 3.8) is 0 Å². The molecule has 2 heterocycles. The van der Waals surface area contributed by atoms with Crippen molar-refractivity contribution in [2.45, 2.75) is 46.5 Å². The molecule has 2 rings (SSSR count). The van der Waals surface area contributed by atoms with Gasteiger partial charge in [-0.25, -0.2) is 4.98 Å². The third-order valence-corrected chi connectivity index (χ3v) is 3.57. The number of rotatable bonds is 6. The second-order valence-corrected chi connectivity index (χ2v) is 5.52. The number of carboxylic acids is 1. The van der Waals surface area contributed by atoms with E-state index in [4.69, 9.17) is 4.98 Å². The SMILES string of the molecule is Cc1cc(CCCCC(=O)[O-])nc(-n2c(C)ccc2C)c1. The van der Waals surface area contributed by atoms with Gasteiger partial charge in [-0.2, -0.15) is 0 Å². The van der Waals surface area contributed by atoms with Crippen molar-refractivity contribution < 1.29 is 9.90 Å². The number of carboxylic acid groups (broad SMARTS) is 1. The summed E-state index contributed by atoms with van der Waals surface area (Å²) < 4.78 is 2.14. The van der Waals surface area contributed by atoms with Gasteiger partial charge in [0.1, 0.15) is 5.82 Å². The van der Waals surface area contributed by atoms with Crippen molar-refractivity contribution in [2.75, 3.05) is 0 Å². The average molecular weight is 285 g/mol. The molecule has 0 unspecified atom stereocenters. The Kier molecular flexibility index (Phi) is 4.78. The lowest BCUT2D eigenvalue weighted by Crippen LogP contribution is -2.21. The van der Waals surface area contributed by atoms with E-state index in [-0.39, 0.29) is 6.42 Å². The maximum atomic E-state index is 10.4. The maximum Gasteiger partial charge on any atom is 0.137 e. The Labute approximate surface area is 125 Å². The molecule has 0 bridgehead atoms. The molecule has 0 N–H and O–H groups in total. The fourth-order valence-corrected chi connectivity index (χ4v) is 2.57. The Morgan fingerprint density at radius 1 is 1.14 bits per heavy atom. The lowest BCUT2D eigenvalue weighted by atomic mass is 10.1. The molecule has 112 valence electrons. The van der Waals surface area contributed by atoms with Crippen LogP contribution in [-0.4, -0.2) is 15.5 Å². The molecule has 2 aromatic rings. The topological polar surface area (TPSA) is 57.9 Å². The molecule has 4 heteroatoms. The minimum atomic E-state index is -0.980. The van der Waals surface area contributed by atoms with Gasteiger partial charge in [-0.1, -0.05) is 0 Å². The normalized spacial score (nSPS) is 10.8. The number of nitrogens with zero attached hydrogens (tertiary/aromatic N) is 2. The highest BCUT2D eigenvalue weighted by Gasteiger charge is 2.07. The Morgan fingerprint density at radius 2 is 1.81 bits per heavy atom. The highest BCUT2D eigenvalue weighted by atomic mass is 16.4. The Hall–Kier alpha value is -2.10. The van der Waals surface area contributed by atoms with E-state index in [9.17, 15) is 9.90 Å². The zero-order valence-electron chi connectivity index (χ0n) is 12.8. The van der Waals surface area contributed by atoms with E-state index in [1.54, 1.807) is 0 Å². The molecule has 0 radical (unpaired) electrons. The fraction of sp³-hybridized carbons (Fsp3) is 0.412. The summed E-state index contributed by atoms with van der Waals surface area (Å²) >= 11 is 0. The van der Waals surface area contributed by atoms with Crippen LogP contribution in [0.25, 0.3) is 5.82 Å². The van der Waals surface area contributed by atoms with Gasteiger partial charge in [0.25, 0.3) is 0 Å². The van der Waals surface area contributed by atoms with E-state index in [0.717, 1.165) is 35.7 Å². The van der Waals surface area contributed by atoms with Crippen molar-refractivity contribution in [2.24, 2.45) is 0 Å². The number of aromatic nitrogens is 2. The molecule has 0 spiro atoms. The van der Waals surface area contributed by atoms with Crippen LogP contribution in [0.3, 0.4) is 0 Å². The number of carbonyl (C=O) groups excluding carboxylic acids is 1. The van der Waals surface area contributed by atoms with Gasteiger partial charge in [0, 0.05) is 23.1 Å². The van der Waals surface area contributed by atoms with Gasteiger partial charge < -0.3 is 14.5 Å². The summed E-state index contributed by atoms with van der Waals surface area (Å²) in [5.41, 5.74) is 4.50. The predicted octanol–water partition coefficient (Wildman–Crippen LogP) is 2.26. The average Bonchev–Trinajstić information content (AvgIpc) is 2.73. The first-order valence-corrected chi connectivity index (χ1v) is 7.30. The summed E-state index contributed by atoms with van der Waals surface area (Å²) in [7, 11) is 0. The minimum absolute atomic E-state index is 0.120. The van der Waals surface area contributed by atoms with Crippen LogP contribution in [-0.2, 0) is 11.2 Å². The number of pyridine rings is 1. The van der Waals surface area contributed by atoms with Gasteiger partial charge in [0.05, 0.1) is 0 Å². The molecule has 21 heavy (non-hydrogen) atoms. The van der Waals surface area contributed by atoms with Crippen molar-refractivity contribution in [1.29, 1.82) is 0 Å². The molecule has 0 aliphatic carbocycles. The van der Waals surface area contributed by atoms with Crippen LogP contribution < -0.4 is 5.11 Å². The molecule has 0 saturated heterocycles. The van der Waals surface area contributed by atoms with E-state index in [0.29, 0.717) is 6.42 Å². The molecule has 0 amide bonds. The van der Waals surface area contributed by atoms with E-state index in [1.165, 1.54) is 5.56 Å². The first-order chi connectivity index (χ1) is 9.97. The van der Waals surface area contributed by atoms with E-state index >= 15 is 0 Å². The van der Waals surface area contributed by atoms with Crippen LogP contribution in [0.15, 0.2) is 24.3 Å². The van der Waals surface area contributed by atoms with Gasteiger partial charge >= 0.3 is 0 Å². The van der Waals surface area contributed by atoms with E-state index in [1.807, 2.05) is 0 Å². The Bertz CT molecular complexity index is 625. The summed E-state index contributed by atoms with van der Waals surface area (Å²) in [5, 5.41) is 10.4. The summed E-state index contributed by atoms with van der Waals surface area (Å²) in [6.45, 7) is 6.19. The van der Waals surface area contributed by atoms with Gasteiger partial charge in [-0.15, -0.1) is 0 Å². The zero-order chi connectivity index (χ0) is 15.4. The number of aliphatic carboxylic acids is 1. The van der Waals surface area contributed by atoms with Gasteiger partial charge in [0.15, 0.2) is 0 Å². The lowest BCUT2D eigenvalue weighted by molar-refractivity contribution is -0.305. The minimum Gasteiger partial charge on any atom is -0.550 e. The monoisotopic (exact) mass is 285 g/mol. The van der Waals surface area contributed by atoms with Crippen LogP contribution in [0.1, 0.15) is 41.9 Å². The van der Waals surface area contributed by atoms with E-state index < -0.39 is 5.97 Å². The molecule has 0 aliphatic rings. The van der Waals surface area contributed by atoms with Gasteiger partial charge in [0.2, 0.25) is 0 Å². The highest BCUT2D eigenvalue weighted by Crippen LogP contribution is 2.17. The second-order valence-electron chi connectivity index (χ2n) is 5.52. The summed E-state index contributed by atoms with van der Waals surface area (Å²) in [6, 6.07) is 8.30. The first-order valence-electron chi connectivity index (χ1n) is 7.30. The summed E-state index contributed by atoms with van der Waals surface area (Å²) in [5.74, 6) is -0.0450. The van der Waals surface area contributed by atoms with Crippen molar-refractivity contribution in [1.82, 2.24) is 9.55 Å². The second kappa shape index (κ2) is 6.57. The molecule has 0 atom stereocenters. The van der Waals surface area contributed by atoms with Gasteiger partial charge in [-0.05, 0) is 76.3 Å². The van der Waals surface area contributed by atoms with Crippen LogP contribution in [0.4, 0.5) is 0 Å². The third kappa shape index (κ3) is 3.94. The maximum absolute atomic E-state index is 10.4. The van der Waals surface area contributed by atoms with Crippen molar-refractivity contribution in [3.8, 4) is 5.82 Å². The van der Waals surface area contributed by atoms with Crippen LogP contribution >= 0.6 is 0 Å². The molecular weight excluding hydrogens is 264 g/mol. The first kappa shape index (κ1) is 15.3. The van der Waals surface area contributed by atoms with Crippen molar-refractivity contribution >= 4 is 5.97 Å². The van der Waals surface area contributed by atoms with Gasteiger partial charge in [-0.3, -0.25) is 0 Å². The quantitative estimate of drug-likeness (QED) is 0.765. The number of hydrogen-bond acceptors (Lipinski definition) is 3. The number of unbranched alkanes of at least 4 members (excludes halogenated alkanes) is 1. The molecule has 0 aromatic carbocycles. The van der Waals surface area contributed by atoms with Crippen LogP contribution in [0.2, 0.25) is 0 Å². The smallest absolute Gasteiger partial charge is 0.137 e. The standard InChI is InChI=1S/C17H22N2O2/c1-12-10-15(6-4-5-7-17(20)21)18-16(11-12)19-13(2)8-9-14(19)3/h8-11H,4-7H2,1-3H3,(H,20,21)/p-1. The molecule has 0 saturated carbocycles. The Balaban J connectivity index is 2.16. The summed E-state index contributed by atoms with van der Waals surface area (Å²) in [6.07, 6.45) is 2.36.